The minimum atomic E-state index is -4.68. The summed E-state index contributed by atoms with van der Waals surface area (Å²) >= 11 is 1.33. The van der Waals surface area contributed by atoms with Crippen molar-refractivity contribution in [3.05, 3.63) is 66.7 Å². The summed E-state index contributed by atoms with van der Waals surface area (Å²) in [5.41, 5.74) is -0.767. The van der Waals surface area contributed by atoms with E-state index >= 15 is 0 Å². The Bertz CT molecular complexity index is 1380. The molecular weight excluding hydrogens is 485 g/mol. The van der Waals surface area contributed by atoms with E-state index in [1.165, 1.54) is 17.4 Å². The van der Waals surface area contributed by atoms with Gasteiger partial charge in [-0.1, -0.05) is 18.2 Å². The lowest BCUT2D eigenvalue weighted by atomic mass is 9.91. The molecule has 1 saturated carbocycles. The summed E-state index contributed by atoms with van der Waals surface area (Å²) < 4.78 is 72.9. The van der Waals surface area contributed by atoms with Crippen LogP contribution < -0.4 is 4.72 Å². The van der Waals surface area contributed by atoms with Gasteiger partial charge in [-0.2, -0.15) is 13.2 Å². The number of hydrogen-bond donors (Lipinski definition) is 1. The molecule has 178 valence electrons. The van der Waals surface area contributed by atoms with Gasteiger partial charge in [0.1, 0.15) is 12.7 Å². The predicted molar refractivity (Wildman–Crippen MR) is 124 cm³/mol. The SMILES string of the molecule is O=S(=O)(N[C@H]1CCC[C@@H](n2cnnc2)C1)c1cc(-c2cc3ccccc3s2)cc(C(F)(F)F)c1. The Balaban J connectivity index is 1.48. The van der Waals surface area contributed by atoms with Crippen molar-refractivity contribution in [2.24, 2.45) is 0 Å². The fourth-order valence-corrected chi connectivity index (χ4v) is 6.81. The third-order valence-electron chi connectivity index (χ3n) is 6.08. The summed E-state index contributed by atoms with van der Waals surface area (Å²) in [5, 5.41) is 8.49. The minimum Gasteiger partial charge on any atom is -0.317 e. The molecule has 0 unspecified atom stereocenters. The van der Waals surface area contributed by atoms with E-state index in [1.807, 2.05) is 28.8 Å². The number of hydrogen-bond acceptors (Lipinski definition) is 5. The van der Waals surface area contributed by atoms with Gasteiger partial charge >= 0.3 is 6.18 Å². The van der Waals surface area contributed by atoms with Crippen molar-refractivity contribution in [3.63, 3.8) is 0 Å². The van der Waals surface area contributed by atoms with Crippen molar-refractivity contribution < 1.29 is 21.6 Å². The molecule has 1 aliphatic carbocycles. The zero-order valence-electron chi connectivity index (χ0n) is 17.9. The molecule has 0 aliphatic heterocycles. The highest BCUT2D eigenvalue weighted by molar-refractivity contribution is 7.89. The highest BCUT2D eigenvalue weighted by Gasteiger charge is 2.34. The van der Waals surface area contributed by atoms with Crippen LogP contribution in [0.25, 0.3) is 20.5 Å². The largest absolute Gasteiger partial charge is 0.416 e. The molecule has 6 nitrogen and oxygen atoms in total. The normalized spacial score (nSPS) is 19.5. The molecule has 5 rings (SSSR count). The second-order valence-corrected chi connectivity index (χ2v) is 11.2. The molecule has 0 bridgehead atoms. The van der Waals surface area contributed by atoms with Crippen molar-refractivity contribution in [1.82, 2.24) is 19.5 Å². The van der Waals surface area contributed by atoms with Crippen molar-refractivity contribution in [2.45, 2.75) is 48.8 Å². The molecule has 0 spiro atoms. The van der Waals surface area contributed by atoms with Gasteiger partial charge in [-0.15, -0.1) is 21.5 Å². The lowest BCUT2D eigenvalue weighted by Gasteiger charge is -2.30. The number of rotatable bonds is 5. The van der Waals surface area contributed by atoms with Gasteiger partial charge in [0.25, 0.3) is 0 Å². The van der Waals surface area contributed by atoms with Crippen LogP contribution in [-0.4, -0.2) is 29.2 Å². The van der Waals surface area contributed by atoms with Crippen LogP contribution in [0.3, 0.4) is 0 Å². The van der Waals surface area contributed by atoms with E-state index < -0.39 is 27.8 Å². The molecule has 0 amide bonds. The van der Waals surface area contributed by atoms with E-state index in [0.29, 0.717) is 23.8 Å². The number of benzene rings is 2. The molecule has 0 radical (unpaired) electrons. The lowest BCUT2D eigenvalue weighted by Crippen LogP contribution is -2.38. The van der Waals surface area contributed by atoms with Crippen LogP contribution in [-0.2, 0) is 16.2 Å². The van der Waals surface area contributed by atoms with Crippen molar-refractivity contribution in [2.75, 3.05) is 0 Å². The van der Waals surface area contributed by atoms with Gasteiger partial charge in [-0.05, 0) is 67.0 Å². The van der Waals surface area contributed by atoms with E-state index in [0.717, 1.165) is 29.0 Å². The third kappa shape index (κ3) is 4.73. The fraction of sp³-hybridized carbons (Fsp3) is 0.304. The Morgan fingerprint density at radius 2 is 1.79 bits per heavy atom. The van der Waals surface area contributed by atoms with Gasteiger partial charge in [0.2, 0.25) is 10.0 Å². The third-order valence-corrected chi connectivity index (χ3v) is 8.75. The smallest absolute Gasteiger partial charge is 0.317 e. The summed E-state index contributed by atoms with van der Waals surface area (Å²) in [6.07, 6.45) is 1.26. The van der Waals surface area contributed by atoms with Gasteiger partial charge in [0, 0.05) is 21.7 Å². The topological polar surface area (TPSA) is 76.9 Å². The number of sulfonamides is 1. The second kappa shape index (κ2) is 8.79. The molecular formula is C23H21F3N4O2S2. The molecule has 1 fully saturated rings. The number of alkyl halides is 3. The van der Waals surface area contributed by atoms with Crippen LogP contribution in [0.15, 0.2) is 66.1 Å². The summed E-state index contributed by atoms with van der Waals surface area (Å²) in [4.78, 5) is 0.190. The first-order valence-electron chi connectivity index (χ1n) is 10.8. The van der Waals surface area contributed by atoms with E-state index in [1.54, 1.807) is 18.7 Å². The van der Waals surface area contributed by atoms with Crippen LogP contribution in [0.4, 0.5) is 13.2 Å². The zero-order chi connectivity index (χ0) is 23.9. The molecule has 2 aromatic heterocycles. The number of fused-ring (bicyclic) bond motifs is 1. The first-order chi connectivity index (χ1) is 16.2. The molecule has 2 atom stereocenters. The van der Waals surface area contributed by atoms with Gasteiger partial charge in [-0.25, -0.2) is 13.1 Å². The molecule has 4 aromatic rings. The average molecular weight is 507 g/mol. The van der Waals surface area contributed by atoms with Gasteiger partial charge < -0.3 is 4.57 Å². The predicted octanol–water partition coefficient (Wildman–Crippen LogP) is 5.64. The zero-order valence-corrected chi connectivity index (χ0v) is 19.5. The van der Waals surface area contributed by atoms with E-state index in [9.17, 15) is 21.6 Å². The molecule has 1 N–H and O–H groups in total. The maximum Gasteiger partial charge on any atom is 0.416 e. The maximum atomic E-state index is 13.7. The van der Waals surface area contributed by atoms with E-state index in [2.05, 4.69) is 14.9 Å². The molecule has 2 aromatic carbocycles. The van der Waals surface area contributed by atoms with Gasteiger partial charge in [0.15, 0.2) is 0 Å². The Kier molecular flexibility index (Phi) is 5.95. The minimum absolute atomic E-state index is 0.0343. The summed E-state index contributed by atoms with van der Waals surface area (Å²) in [5.74, 6) is 0. The lowest BCUT2D eigenvalue weighted by molar-refractivity contribution is -0.137. The van der Waals surface area contributed by atoms with Gasteiger partial charge in [-0.3, -0.25) is 0 Å². The Labute approximate surface area is 198 Å². The monoisotopic (exact) mass is 506 g/mol. The van der Waals surface area contributed by atoms with Crippen LogP contribution in [0, 0.1) is 0 Å². The number of thiophene rings is 1. The molecule has 2 heterocycles. The highest BCUT2D eigenvalue weighted by atomic mass is 32.2. The standard InChI is InChI=1S/C23H21F3N4O2S2/c24-23(25,26)17-8-16(22-10-15-4-1-2-7-21(15)33-22)9-20(11-17)34(31,32)29-18-5-3-6-19(12-18)30-13-27-28-14-30/h1-2,4,7-11,13-14,18-19,29H,3,5-6,12H2/t18-,19+/m0/s1. The van der Waals surface area contributed by atoms with Crippen molar-refractivity contribution >= 4 is 31.4 Å². The molecule has 0 saturated heterocycles. The van der Waals surface area contributed by atoms with E-state index in [-0.39, 0.29) is 16.5 Å². The van der Waals surface area contributed by atoms with Crippen molar-refractivity contribution in [1.29, 1.82) is 0 Å². The van der Waals surface area contributed by atoms with Crippen molar-refractivity contribution in [3.8, 4) is 10.4 Å². The quantitative estimate of drug-likeness (QED) is 0.380. The van der Waals surface area contributed by atoms with Crippen LogP contribution in [0.2, 0.25) is 0 Å². The Morgan fingerprint density at radius 1 is 1.03 bits per heavy atom. The summed E-state index contributed by atoms with van der Waals surface area (Å²) in [6.45, 7) is 0. The van der Waals surface area contributed by atoms with Crippen LogP contribution >= 0.6 is 11.3 Å². The first kappa shape index (κ1) is 23.0. The highest BCUT2D eigenvalue weighted by Crippen LogP contribution is 2.39. The second-order valence-electron chi connectivity index (χ2n) is 8.44. The number of nitrogens with one attached hydrogen (secondary N) is 1. The summed E-state index contributed by atoms with van der Waals surface area (Å²) in [7, 11) is -4.18. The van der Waals surface area contributed by atoms with Crippen LogP contribution in [0.5, 0.6) is 0 Å². The fourth-order valence-electron chi connectivity index (χ4n) is 4.41. The summed E-state index contributed by atoms with van der Waals surface area (Å²) in [6, 6.07) is 11.9. The van der Waals surface area contributed by atoms with Crippen LogP contribution in [0.1, 0.15) is 37.3 Å². The van der Waals surface area contributed by atoms with E-state index in [4.69, 9.17) is 0 Å². The first-order valence-corrected chi connectivity index (χ1v) is 13.1. The number of nitrogens with zero attached hydrogens (tertiary/aromatic N) is 3. The molecule has 11 heteroatoms. The molecule has 1 aliphatic rings. The Hall–Kier alpha value is -2.76. The van der Waals surface area contributed by atoms with Gasteiger partial charge in [0.05, 0.1) is 10.5 Å². The number of halogens is 3. The maximum absolute atomic E-state index is 13.7. The number of aromatic nitrogens is 3. The molecule has 34 heavy (non-hydrogen) atoms. The Morgan fingerprint density at radius 3 is 2.53 bits per heavy atom. The average Bonchev–Trinajstić information content (AvgIpc) is 3.48.